The van der Waals surface area contributed by atoms with Crippen molar-refractivity contribution in [2.45, 2.75) is 58.3 Å². The minimum Gasteiger partial charge on any atom is -0.342 e. The molecule has 1 aliphatic heterocycles. The fraction of sp³-hybridized carbons (Fsp3) is 0.500. The second-order valence-corrected chi connectivity index (χ2v) is 8.52. The highest BCUT2D eigenvalue weighted by Crippen LogP contribution is 2.30. The number of unbranched alkanes of at least 4 members (excludes halogenated alkanes) is 6. The van der Waals surface area contributed by atoms with Crippen molar-refractivity contribution in [3.05, 3.63) is 58.3 Å². The number of nitrogens with zero attached hydrogens (tertiary/aromatic N) is 2. The van der Waals surface area contributed by atoms with Crippen LogP contribution in [0.2, 0.25) is 0 Å². The quantitative estimate of drug-likeness (QED) is 0.278. The molecule has 1 aliphatic rings. The van der Waals surface area contributed by atoms with Gasteiger partial charge in [-0.1, -0.05) is 111 Å². The molecule has 0 atom stereocenters. The molecule has 2 aromatic rings. The van der Waals surface area contributed by atoms with E-state index in [1.807, 2.05) is 0 Å². The maximum Gasteiger partial charge on any atom is 0.141 e. The third-order valence-corrected chi connectivity index (χ3v) is 6.52. The molecule has 1 heterocycles. The van der Waals surface area contributed by atoms with Gasteiger partial charge in [-0.15, -0.1) is 0 Å². The Morgan fingerprint density at radius 3 is 2.14 bits per heavy atom. The van der Waals surface area contributed by atoms with Crippen molar-refractivity contribution in [3.8, 4) is 0 Å². The van der Waals surface area contributed by atoms with Gasteiger partial charge in [0.05, 0.1) is 6.67 Å². The zero-order valence-corrected chi connectivity index (χ0v) is 18.5. The number of hydrogen-bond donors (Lipinski definition) is 0. The predicted molar refractivity (Wildman–Crippen MR) is 123 cm³/mol. The Morgan fingerprint density at radius 2 is 1.39 bits per heavy atom. The second kappa shape index (κ2) is 11.0. The van der Waals surface area contributed by atoms with Crippen LogP contribution in [0.25, 0.3) is 10.8 Å². The fourth-order valence-corrected chi connectivity index (χ4v) is 4.36. The average Bonchev–Trinajstić information content (AvgIpc) is 2.99. The van der Waals surface area contributed by atoms with Crippen LogP contribution in [-0.2, 0) is 6.42 Å². The van der Waals surface area contributed by atoms with Gasteiger partial charge in [0.15, 0.2) is 0 Å². The van der Waals surface area contributed by atoms with Gasteiger partial charge < -0.3 is 9.80 Å². The van der Waals surface area contributed by atoms with Crippen LogP contribution in [0, 0.1) is 0 Å². The first-order chi connectivity index (χ1) is 13.7. The van der Waals surface area contributed by atoms with Gasteiger partial charge in [-0.3, -0.25) is 0 Å². The second-order valence-electron chi connectivity index (χ2n) is 7.80. The molecule has 0 saturated carbocycles. The summed E-state index contributed by atoms with van der Waals surface area (Å²) in [5, 5.41) is 3.99. The van der Waals surface area contributed by atoms with E-state index in [4.69, 9.17) is 23.2 Å². The maximum absolute atomic E-state index is 6.51. The normalized spacial score (nSPS) is 14.5. The van der Waals surface area contributed by atoms with Gasteiger partial charge in [0.1, 0.15) is 10.3 Å². The lowest BCUT2D eigenvalue weighted by Gasteiger charge is -2.22. The number of hydrogen-bond acceptors (Lipinski definition) is 2. The Balaban J connectivity index is 1.43. The zero-order chi connectivity index (χ0) is 19.8. The first-order valence-corrected chi connectivity index (χ1v) is 11.5. The minimum atomic E-state index is 0.699. The van der Waals surface area contributed by atoms with Crippen LogP contribution in [0.15, 0.2) is 52.8 Å². The van der Waals surface area contributed by atoms with Gasteiger partial charge in [-0.05, 0) is 29.2 Å². The molecule has 0 fully saturated rings. The van der Waals surface area contributed by atoms with Gasteiger partial charge in [-0.2, -0.15) is 0 Å². The van der Waals surface area contributed by atoms with E-state index in [2.05, 4.69) is 59.2 Å². The molecule has 0 aromatic heterocycles. The summed E-state index contributed by atoms with van der Waals surface area (Å²) in [6, 6.07) is 15.2. The summed E-state index contributed by atoms with van der Waals surface area (Å²) in [4.78, 5) is 4.41. The Bertz CT molecular complexity index is 787. The van der Waals surface area contributed by atoms with Crippen LogP contribution in [-0.4, -0.2) is 29.6 Å². The van der Waals surface area contributed by atoms with Gasteiger partial charge in [0.2, 0.25) is 0 Å². The Morgan fingerprint density at radius 1 is 0.750 bits per heavy atom. The lowest BCUT2D eigenvalue weighted by atomic mass is 10.1. The zero-order valence-electron chi connectivity index (χ0n) is 17.0. The van der Waals surface area contributed by atoms with Crippen LogP contribution in [0.4, 0.5) is 0 Å². The van der Waals surface area contributed by atoms with E-state index < -0.39 is 0 Å². The Kier molecular flexibility index (Phi) is 8.36. The summed E-state index contributed by atoms with van der Waals surface area (Å²) in [7, 11) is 0. The van der Waals surface area contributed by atoms with Gasteiger partial charge in [0, 0.05) is 13.1 Å². The molecular weight excluding hydrogens is 387 g/mol. The summed E-state index contributed by atoms with van der Waals surface area (Å²) in [5.74, 6) is 0. The van der Waals surface area contributed by atoms with Crippen LogP contribution in [0.3, 0.4) is 0 Å². The molecule has 28 heavy (non-hydrogen) atoms. The highest BCUT2D eigenvalue weighted by atomic mass is 35.5. The van der Waals surface area contributed by atoms with Crippen molar-refractivity contribution in [2.24, 2.45) is 0 Å². The first kappa shape index (κ1) is 21.3. The molecule has 0 bridgehead atoms. The lowest BCUT2D eigenvalue weighted by molar-refractivity contribution is 0.256. The Hall–Kier alpha value is -1.38. The molecule has 152 valence electrons. The van der Waals surface area contributed by atoms with Gasteiger partial charge in [0.25, 0.3) is 0 Å². The molecule has 2 nitrogen and oxygen atoms in total. The topological polar surface area (TPSA) is 6.48 Å². The average molecular weight is 419 g/mol. The first-order valence-electron chi connectivity index (χ1n) is 10.7. The number of benzene rings is 2. The van der Waals surface area contributed by atoms with Crippen molar-refractivity contribution in [1.29, 1.82) is 0 Å². The summed E-state index contributed by atoms with van der Waals surface area (Å²) < 4.78 is 0. The van der Waals surface area contributed by atoms with E-state index in [1.165, 1.54) is 61.3 Å². The highest BCUT2D eigenvalue weighted by molar-refractivity contribution is 6.38. The molecule has 2 aromatic carbocycles. The largest absolute Gasteiger partial charge is 0.342 e. The molecule has 0 radical (unpaired) electrons. The van der Waals surface area contributed by atoms with Crippen LogP contribution in [0.1, 0.15) is 57.4 Å². The molecule has 0 amide bonds. The summed E-state index contributed by atoms with van der Waals surface area (Å²) >= 11 is 13.0. The van der Waals surface area contributed by atoms with E-state index in [1.54, 1.807) is 0 Å². The van der Waals surface area contributed by atoms with Crippen molar-refractivity contribution in [1.82, 2.24) is 9.80 Å². The van der Waals surface area contributed by atoms with E-state index in [0.29, 0.717) is 10.3 Å². The maximum atomic E-state index is 6.51. The monoisotopic (exact) mass is 418 g/mol. The predicted octanol–water partition coefficient (Wildman–Crippen LogP) is 7.31. The molecule has 0 N–H and O–H groups in total. The molecule has 3 rings (SSSR count). The number of rotatable bonds is 11. The van der Waals surface area contributed by atoms with Crippen LogP contribution >= 0.6 is 23.2 Å². The summed E-state index contributed by atoms with van der Waals surface area (Å²) in [6.45, 7) is 4.95. The van der Waals surface area contributed by atoms with Crippen LogP contribution < -0.4 is 0 Å². The number of halogens is 2. The van der Waals surface area contributed by atoms with E-state index in [0.717, 1.165) is 26.2 Å². The standard InChI is InChI=1S/C24H32Cl2N2/c1-2-3-4-5-6-7-10-16-27-19-28(24(26)23(27)25)17-15-20-13-14-21-11-8-9-12-22(21)18-20/h8-9,11-14,18H,2-7,10,15-17,19H2,1H3. The summed E-state index contributed by atoms with van der Waals surface area (Å²) in [5.41, 5.74) is 1.34. The fourth-order valence-electron chi connectivity index (χ4n) is 3.85. The van der Waals surface area contributed by atoms with Crippen molar-refractivity contribution >= 4 is 34.0 Å². The molecule has 0 aliphatic carbocycles. The molecule has 4 heteroatoms. The number of fused-ring (bicyclic) bond motifs is 1. The van der Waals surface area contributed by atoms with Gasteiger partial charge >= 0.3 is 0 Å². The molecule has 0 spiro atoms. The van der Waals surface area contributed by atoms with Crippen LogP contribution in [0.5, 0.6) is 0 Å². The van der Waals surface area contributed by atoms with E-state index >= 15 is 0 Å². The van der Waals surface area contributed by atoms with Crippen molar-refractivity contribution in [3.63, 3.8) is 0 Å². The molecular formula is C24H32Cl2N2. The SMILES string of the molecule is CCCCCCCCCN1CN(CCc2ccc3ccccc3c2)C(Cl)=C1Cl. The molecule has 0 saturated heterocycles. The minimum absolute atomic E-state index is 0.699. The smallest absolute Gasteiger partial charge is 0.141 e. The molecule has 0 unspecified atom stereocenters. The third kappa shape index (κ3) is 5.81. The van der Waals surface area contributed by atoms with Crippen molar-refractivity contribution < 1.29 is 0 Å². The van der Waals surface area contributed by atoms with Crippen molar-refractivity contribution in [2.75, 3.05) is 19.8 Å². The van der Waals surface area contributed by atoms with E-state index in [9.17, 15) is 0 Å². The summed E-state index contributed by atoms with van der Waals surface area (Å²) in [6.07, 6.45) is 10.2. The lowest BCUT2D eigenvalue weighted by Crippen LogP contribution is -2.29. The third-order valence-electron chi connectivity index (χ3n) is 5.58. The Labute approximate surface area is 180 Å². The van der Waals surface area contributed by atoms with Gasteiger partial charge in [-0.25, -0.2) is 0 Å². The van der Waals surface area contributed by atoms with E-state index in [-0.39, 0.29) is 0 Å². The highest BCUT2D eigenvalue weighted by Gasteiger charge is 2.25.